The molecule has 0 saturated heterocycles. The third-order valence-corrected chi connectivity index (χ3v) is 4.98. The van der Waals surface area contributed by atoms with E-state index in [1.807, 2.05) is 0 Å². The van der Waals surface area contributed by atoms with E-state index in [4.69, 9.17) is 0 Å². The zero-order chi connectivity index (χ0) is 16.0. The summed E-state index contributed by atoms with van der Waals surface area (Å²) in [4.78, 5) is 2.53. The molecule has 130 valence electrons. The first kappa shape index (κ1) is 19.7. The van der Waals surface area contributed by atoms with Gasteiger partial charge in [-0.3, -0.25) is 4.90 Å². The summed E-state index contributed by atoms with van der Waals surface area (Å²) in [6.07, 6.45) is 18.6. The average molecular weight is 312 g/mol. The van der Waals surface area contributed by atoms with Gasteiger partial charge in [-0.1, -0.05) is 78.1 Å². The van der Waals surface area contributed by atoms with E-state index < -0.39 is 0 Å². The average Bonchev–Trinajstić information content (AvgIpc) is 2.53. The van der Waals surface area contributed by atoms with Gasteiger partial charge >= 0.3 is 0 Å². The molecule has 0 bridgehead atoms. The minimum atomic E-state index is 0.0980. The van der Waals surface area contributed by atoms with Gasteiger partial charge in [0, 0.05) is 25.6 Å². The fraction of sp³-hybridized carbons (Fsp3) is 0.900. The van der Waals surface area contributed by atoms with E-state index in [0.29, 0.717) is 12.5 Å². The SMILES string of the molecule is CCCCCCCC(CCCCCCC)N1CC=C(F)CC1. The Morgan fingerprint density at radius 1 is 0.909 bits per heavy atom. The molecular weight excluding hydrogens is 273 g/mol. The number of nitrogens with zero attached hydrogens (tertiary/aromatic N) is 1. The first-order chi connectivity index (χ1) is 10.8. The second-order valence-electron chi connectivity index (χ2n) is 6.96. The number of halogens is 1. The lowest BCUT2D eigenvalue weighted by Gasteiger charge is -2.33. The highest BCUT2D eigenvalue weighted by atomic mass is 19.1. The number of hydrogen-bond donors (Lipinski definition) is 0. The molecule has 2 heteroatoms. The lowest BCUT2D eigenvalue weighted by atomic mass is 9.98. The van der Waals surface area contributed by atoms with Crippen LogP contribution in [0.2, 0.25) is 0 Å². The zero-order valence-corrected chi connectivity index (χ0v) is 15.1. The number of rotatable bonds is 13. The molecule has 0 N–H and O–H groups in total. The molecule has 1 aliphatic heterocycles. The highest BCUT2D eigenvalue weighted by Crippen LogP contribution is 2.22. The number of hydrogen-bond acceptors (Lipinski definition) is 1. The molecule has 0 aliphatic carbocycles. The van der Waals surface area contributed by atoms with Crippen LogP contribution in [0.3, 0.4) is 0 Å². The topological polar surface area (TPSA) is 3.24 Å². The predicted molar refractivity (Wildman–Crippen MR) is 95.9 cm³/mol. The van der Waals surface area contributed by atoms with Crippen molar-refractivity contribution < 1.29 is 4.39 Å². The quantitative estimate of drug-likeness (QED) is 0.345. The summed E-state index contributed by atoms with van der Waals surface area (Å²) in [5.41, 5.74) is 0. The Hall–Kier alpha value is -0.370. The molecule has 0 aromatic carbocycles. The molecule has 0 fully saturated rings. The van der Waals surface area contributed by atoms with Gasteiger partial charge in [-0.15, -0.1) is 0 Å². The molecule has 22 heavy (non-hydrogen) atoms. The van der Waals surface area contributed by atoms with Crippen molar-refractivity contribution >= 4 is 0 Å². The van der Waals surface area contributed by atoms with Crippen LogP contribution in [0.1, 0.15) is 97.3 Å². The van der Waals surface area contributed by atoms with Gasteiger partial charge in [0.1, 0.15) is 0 Å². The lowest BCUT2D eigenvalue weighted by molar-refractivity contribution is 0.177. The van der Waals surface area contributed by atoms with E-state index in [9.17, 15) is 4.39 Å². The van der Waals surface area contributed by atoms with Crippen molar-refractivity contribution in [1.29, 1.82) is 0 Å². The standard InChI is InChI=1S/C20H38FN/c1-3-5-7-9-11-13-20(14-12-10-8-6-4-2)22-17-15-19(21)16-18-22/h15,20H,3-14,16-18H2,1-2H3. The summed E-state index contributed by atoms with van der Waals surface area (Å²) >= 11 is 0. The maximum absolute atomic E-state index is 13.2. The van der Waals surface area contributed by atoms with E-state index in [1.54, 1.807) is 6.08 Å². The van der Waals surface area contributed by atoms with E-state index in [-0.39, 0.29) is 5.83 Å². The summed E-state index contributed by atoms with van der Waals surface area (Å²) in [5, 5.41) is 0. The molecule has 1 rings (SSSR count). The third kappa shape index (κ3) is 8.92. The van der Waals surface area contributed by atoms with Crippen LogP contribution in [-0.4, -0.2) is 24.0 Å². The van der Waals surface area contributed by atoms with Gasteiger partial charge in [0.2, 0.25) is 0 Å². The van der Waals surface area contributed by atoms with Crippen molar-refractivity contribution in [2.75, 3.05) is 13.1 Å². The van der Waals surface area contributed by atoms with Crippen molar-refractivity contribution in [3.8, 4) is 0 Å². The van der Waals surface area contributed by atoms with Crippen LogP contribution in [-0.2, 0) is 0 Å². The van der Waals surface area contributed by atoms with Gasteiger partial charge in [-0.2, -0.15) is 0 Å². The van der Waals surface area contributed by atoms with Crippen molar-refractivity contribution in [2.24, 2.45) is 0 Å². The van der Waals surface area contributed by atoms with Crippen molar-refractivity contribution in [3.05, 3.63) is 11.9 Å². The van der Waals surface area contributed by atoms with Gasteiger partial charge < -0.3 is 0 Å². The van der Waals surface area contributed by atoms with E-state index in [1.165, 1.54) is 77.0 Å². The normalized spacial score (nSPS) is 16.3. The summed E-state index contributed by atoms with van der Waals surface area (Å²) in [7, 11) is 0. The largest absolute Gasteiger partial charge is 0.296 e. The van der Waals surface area contributed by atoms with E-state index in [2.05, 4.69) is 18.7 Å². The second kappa shape index (κ2) is 13.1. The molecule has 0 unspecified atom stereocenters. The molecule has 0 spiro atoms. The summed E-state index contributed by atoms with van der Waals surface area (Å²) in [6, 6.07) is 0.688. The van der Waals surface area contributed by atoms with Crippen LogP contribution in [0.15, 0.2) is 11.9 Å². The predicted octanol–water partition coefficient (Wildman–Crippen LogP) is 6.64. The van der Waals surface area contributed by atoms with Crippen LogP contribution in [0.4, 0.5) is 4.39 Å². The van der Waals surface area contributed by atoms with E-state index in [0.717, 1.165) is 13.1 Å². The van der Waals surface area contributed by atoms with Gasteiger partial charge in [-0.25, -0.2) is 4.39 Å². The molecule has 0 aromatic heterocycles. The van der Waals surface area contributed by atoms with Crippen molar-refractivity contribution in [3.63, 3.8) is 0 Å². The zero-order valence-electron chi connectivity index (χ0n) is 15.1. The van der Waals surface area contributed by atoms with Crippen molar-refractivity contribution in [2.45, 2.75) is 103 Å². The van der Waals surface area contributed by atoms with Gasteiger partial charge in [0.05, 0.1) is 5.83 Å². The Kier molecular flexibility index (Phi) is 11.7. The summed E-state index contributed by atoms with van der Waals surface area (Å²) in [6.45, 7) is 6.30. The van der Waals surface area contributed by atoms with Crippen LogP contribution >= 0.6 is 0 Å². The van der Waals surface area contributed by atoms with Crippen LogP contribution in [0.25, 0.3) is 0 Å². The molecule has 0 amide bonds. The molecule has 1 nitrogen and oxygen atoms in total. The number of unbranched alkanes of at least 4 members (excludes halogenated alkanes) is 8. The second-order valence-corrected chi connectivity index (χ2v) is 6.96. The highest BCUT2D eigenvalue weighted by molar-refractivity contribution is 4.99. The maximum atomic E-state index is 13.2. The molecule has 0 aromatic rings. The molecule has 1 heterocycles. The molecule has 0 saturated carbocycles. The summed E-state index contributed by atoms with van der Waals surface area (Å²) < 4.78 is 13.2. The lowest BCUT2D eigenvalue weighted by Crippen LogP contribution is -2.38. The van der Waals surface area contributed by atoms with E-state index >= 15 is 0 Å². The third-order valence-electron chi connectivity index (χ3n) is 4.98. The smallest absolute Gasteiger partial charge is 0.0985 e. The highest BCUT2D eigenvalue weighted by Gasteiger charge is 2.20. The first-order valence-electron chi connectivity index (χ1n) is 9.86. The fourth-order valence-corrected chi connectivity index (χ4v) is 3.47. The Morgan fingerprint density at radius 2 is 1.45 bits per heavy atom. The fourth-order valence-electron chi connectivity index (χ4n) is 3.47. The van der Waals surface area contributed by atoms with Gasteiger partial charge in [-0.05, 0) is 18.9 Å². The minimum Gasteiger partial charge on any atom is -0.296 e. The Bertz CT molecular complexity index is 273. The molecule has 0 radical (unpaired) electrons. The monoisotopic (exact) mass is 311 g/mol. The van der Waals surface area contributed by atoms with Crippen LogP contribution < -0.4 is 0 Å². The Labute approximate surface area is 138 Å². The molecule has 1 aliphatic rings. The van der Waals surface area contributed by atoms with Gasteiger partial charge in [0.25, 0.3) is 0 Å². The Balaban J connectivity index is 2.29. The minimum absolute atomic E-state index is 0.0980. The Morgan fingerprint density at radius 3 is 1.91 bits per heavy atom. The van der Waals surface area contributed by atoms with Crippen LogP contribution in [0.5, 0.6) is 0 Å². The summed E-state index contributed by atoms with van der Waals surface area (Å²) in [5.74, 6) is 0.0980. The van der Waals surface area contributed by atoms with Gasteiger partial charge in [0.15, 0.2) is 0 Å². The van der Waals surface area contributed by atoms with Crippen molar-refractivity contribution in [1.82, 2.24) is 4.90 Å². The van der Waals surface area contributed by atoms with Crippen LogP contribution in [0, 0.1) is 0 Å². The molecular formula is C20H38FN. The molecule has 0 atom stereocenters. The first-order valence-corrected chi connectivity index (χ1v) is 9.86. The maximum Gasteiger partial charge on any atom is 0.0985 e.